The molecule has 26 heavy (non-hydrogen) atoms. The van der Waals surface area contributed by atoms with E-state index >= 15 is 0 Å². The second-order valence-corrected chi connectivity index (χ2v) is 7.07. The van der Waals surface area contributed by atoms with Gasteiger partial charge in [0, 0.05) is 38.4 Å². The van der Waals surface area contributed by atoms with Crippen LogP contribution in [0, 0.1) is 0 Å². The first-order valence-corrected chi connectivity index (χ1v) is 9.35. The van der Waals surface area contributed by atoms with Crippen LogP contribution in [-0.4, -0.2) is 53.5 Å². The van der Waals surface area contributed by atoms with Crippen molar-refractivity contribution >= 4 is 5.91 Å². The van der Waals surface area contributed by atoms with Gasteiger partial charge in [0.15, 0.2) is 0 Å². The minimum absolute atomic E-state index is 0.0254. The van der Waals surface area contributed by atoms with Crippen LogP contribution in [0.5, 0.6) is 5.88 Å². The van der Waals surface area contributed by atoms with Crippen molar-refractivity contribution in [1.29, 1.82) is 0 Å². The maximum atomic E-state index is 12.8. The van der Waals surface area contributed by atoms with E-state index in [1.807, 2.05) is 4.90 Å². The van der Waals surface area contributed by atoms with E-state index in [0.29, 0.717) is 17.5 Å². The fraction of sp³-hybridized carbons (Fsp3) is 0.429. The average Bonchev–Trinajstić information content (AvgIpc) is 2.73. The van der Waals surface area contributed by atoms with Gasteiger partial charge in [0.1, 0.15) is 5.56 Å². The summed E-state index contributed by atoms with van der Waals surface area (Å²) in [5.41, 5.74) is 3.50. The van der Waals surface area contributed by atoms with Gasteiger partial charge in [0.05, 0.1) is 7.11 Å². The zero-order valence-corrected chi connectivity index (χ0v) is 15.2. The lowest BCUT2D eigenvalue weighted by atomic mass is 9.95. The highest BCUT2D eigenvalue weighted by atomic mass is 16.5. The highest BCUT2D eigenvalue weighted by molar-refractivity contribution is 5.96. The predicted molar refractivity (Wildman–Crippen MR) is 100 cm³/mol. The Morgan fingerprint density at radius 2 is 1.85 bits per heavy atom. The standard InChI is InChI=1S/C21H25N3O2/c1-26-20-19(7-4-11-22-20)21(25)23-13-9-18(10-14-23)24-12-8-16-5-2-3-6-17(16)15-24/h2-7,11,18H,8-10,12-15H2,1H3. The molecule has 1 saturated heterocycles. The maximum absolute atomic E-state index is 12.8. The summed E-state index contributed by atoms with van der Waals surface area (Å²) in [5.74, 6) is 0.435. The van der Waals surface area contributed by atoms with Gasteiger partial charge in [0.25, 0.3) is 5.91 Å². The molecule has 0 bridgehead atoms. The first-order valence-electron chi connectivity index (χ1n) is 9.35. The number of benzene rings is 1. The summed E-state index contributed by atoms with van der Waals surface area (Å²) >= 11 is 0. The minimum atomic E-state index is 0.0254. The quantitative estimate of drug-likeness (QED) is 0.853. The van der Waals surface area contributed by atoms with Crippen LogP contribution in [0.3, 0.4) is 0 Å². The molecule has 1 fully saturated rings. The number of hydrogen-bond acceptors (Lipinski definition) is 4. The molecule has 0 unspecified atom stereocenters. The molecule has 2 aromatic rings. The van der Waals surface area contributed by atoms with Crippen molar-refractivity contribution in [2.45, 2.75) is 31.8 Å². The van der Waals surface area contributed by atoms with Crippen molar-refractivity contribution in [1.82, 2.24) is 14.8 Å². The number of methoxy groups -OCH3 is 1. The van der Waals surface area contributed by atoms with E-state index in [1.54, 1.807) is 25.4 Å². The van der Waals surface area contributed by atoms with Crippen LogP contribution in [0.4, 0.5) is 0 Å². The van der Waals surface area contributed by atoms with Crippen molar-refractivity contribution in [2.75, 3.05) is 26.7 Å². The second kappa shape index (κ2) is 7.46. The molecule has 2 aliphatic heterocycles. The lowest BCUT2D eigenvalue weighted by molar-refractivity contribution is 0.0596. The monoisotopic (exact) mass is 351 g/mol. The van der Waals surface area contributed by atoms with Gasteiger partial charge in [-0.25, -0.2) is 4.98 Å². The third-order valence-electron chi connectivity index (χ3n) is 5.62. The Labute approximate surface area is 154 Å². The number of rotatable bonds is 3. The zero-order valence-electron chi connectivity index (χ0n) is 15.2. The van der Waals surface area contributed by atoms with Crippen molar-refractivity contribution in [3.8, 4) is 5.88 Å². The van der Waals surface area contributed by atoms with Gasteiger partial charge in [-0.2, -0.15) is 0 Å². The molecular weight excluding hydrogens is 326 g/mol. The summed E-state index contributed by atoms with van der Waals surface area (Å²) in [5, 5.41) is 0. The number of amides is 1. The molecular formula is C21H25N3O2. The third kappa shape index (κ3) is 3.31. The van der Waals surface area contributed by atoms with Gasteiger partial charge in [-0.15, -0.1) is 0 Å². The molecule has 1 aromatic heterocycles. The molecule has 136 valence electrons. The molecule has 3 heterocycles. The van der Waals surface area contributed by atoms with Crippen molar-refractivity contribution in [3.63, 3.8) is 0 Å². The van der Waals surface area contributed by atoms with Gasteiger partial charge in [-0.1, -0.05) is 24.3 Å². The van der Waals surface area contributed by atoms with Gasteiger partial charge in [-0.05, 0) is 42.5 Å². The maximum Gasteiger partial charge on any atom is 0.259 e. The first kappa shape index (κ1) is 17.0. The number of hydrogen-bond donors (Lipinski definition) is 0. The summed E-state index contributed by atoms with van der Waals surface area (Å²) in [6, 6.07) is 12.9. The predicted octanol–water partition coefficient (Wildman–Crippen LogP) is 2.75. The average molecular weight is 351 g/mol. The SMILES string of the molecule is COc1ncccc1C(=O)N1CCC(N2CCc3ccccc3C2)CC1. The Morgan fingerprint density at radius 3 is 2.62 bits per heavy atom. The van der Waals surface area contributed by atoms with E-state index in [2.05, 4.69) is 34.1 Å². The highest BCUT2D eigenvalue weighted by Gasteiger charge is 2.30. The lowest BCUT2D eigenvalue weighted by Crippen LogP contribution is -2.48. The molecule has 0 radical (unpaired) electrons. The van der Waals surface area contributed by atoms with E-state index in [0.717, 1.165) is 45.4 Å². The number of nitrogens with zero attached hydrogens (tertiary/aromatic N) is 3. The van der Waals surface area contributed by atoms with Crippen LogP contribution in [0.1, 0.15) is 34.3 Å². The summed E-state index contributed by atoms with van der Waals surface area (Å²) < 4.78 is 5.24. The summed E-state index contributed by atoms with van der Waals surface area (Å²) in [4.78, 5) is 21.5. The second-order valence-electron chi connectivity index (χ2n) is 7.07. The molecule has 0 saturated carbocycles. The molecule has 1 amide bonds. The Bertz CT molecular complexity index is 784. The van der Waals surface area contributed by atoms with Crippen molar-refractivity contribution in [3.05, 3.63) is 59.3 Å². The minimum Gasteiger partial charge on any atom is -0.480 e. The van der Waals surface area contributed by atoms with Crippen LogP contribution < -0.4 is 4.74 Å². The third-order valence-corrected chi connectivity index (χ3v) is 5.62. The van der Waals surface area contributed by atoms with Gasteiger partial charge in [-0.3, -0.25) is 9.69 Å². The van der Waals surface area contributed by atoms with Crippen molar-refractivity contribution < 1.29 is 9.53 Å². The van der Waals surface area contributed by atoms with Crippen LogP contribution in [-0.2, 0) is 13.0 Å². The van der Waals surface area contributed by atoms with E-state index in [1.165, 1.54) is 11.1 Å². The molecule has 2 aliphatic rings. The van der Waals surface area contributed by atoms with Crippen LogP contribution >= 0.6 is 0 Å². The Hall–Kier alpha value is -2.40. The van der Waals surface area contributed by atoms with Gasteiger partial charge in [0.2, 0.25) is 5.88 Å². The van der Waals surface area contributed by atoms with E-state index in [4.69, 9.17) is 4.74 Å². The Morgan fingerprint density at radius 1 is 1.08 bits per heavy atom. The Kier molecular flexibility index (Phi) is 4.89. The summed E-state index contributed by atoms with van der Waals surface area (Å²) in [6.07, 6.45) is 4.82. The number of carbonyl (C=O) groups excluding carboxylic acids is 1. The molecule has 1 aromatic carbocycles. The number of ether oxygens (including phenoxy) is 1. The van der Waals surface area contributed by atoms with E-state index in [-0.39, 0.29) is 5.91 Å². The van der Waals surface area contributed by atoms with Crippen LogP contribution in [0.15, 0.2) is 42.6 Å². The first-order chi connectivity index (χ1) is 12.8. The molecule has 5 heteroatoms. The lowest BCUT2D eigenvalue weighted by Gasteiger charge is -2.40. The summed E-state index contributed by atoms with van der Waals surface area (Å²) in [6.45, 7) is 3.73. The number of fused-ring (bicyclic) bond motifs is 1. The van der Waals surface area contributed by atoms with Gasteiger partial charge >= 0.3 is 0 Å². The van der Waals surface area contributed by atoms with Gasteiger partial charge < -0.3 is 9.64 Å². The fourth-order valence-electron chi connectivity index (χ4n) is 4.15. The smallest absolute Gasteiger partial charge is 0.259 e. The van der Waals surface area contributed by atoms with Crippen molar-refractivity contribution in [2.24, 2.45) is 0 Å². The fourth-order valence-corrected chi connectivity index (χ4v) is 4.15. The number of piperidine rings is 1. The highest BCUT2D eigenvalue weighted by Crippen LogP contribution is 2.26. The topological polar surface area (TPSA) is 45.7 Å². The Balaban J connectivity index is 1.38. The molecule has 0 aliphatic carbocycles. The van der Waals surface area contributed by atoms with Crippen LogP contribution in [0.2, 0.25) is 0 Å². The molecule has 0 atom stereocenters. The van der Waals surface area contributed by atoms with Crippen LogP contribution in [0.25, 0.3) is 0 Å². The number of pyridine rings is 1. The molecule has 0 N–H and O–H groups in total. The normalized spacial score (nSPS) is 18.4. The summed E-state index contributed by atoms with van der Waals surface area (Å²) in [7, 11) is 1.56. The number of likely N-dealkylation sites (tertiary alicyclic amines) is 1. The number of carbonyl (C=O) groups is 1. The largest absolute Gasteiger partial charge is 0.480 e. The molecule has 0 spiro atoms. The zero-order chi connectivity index (χ0) is 17.9. The molecule has 5 nitrogen and oxygen atoms in total. The van der Waals surface area contributed by atoms with E-state index < -0.39 is 0 Å². The van der Waals surface area contributed by atoms with E-state index in [9.17, 15) is 4.79 Å². The molecule has 4 rings (SSSR count). The number of aromatic nitrogens is 1.